The third-order valence-corrected chi connectivity index (χ3v) is 10.1. The first-order valence-corrected chi connectivity index (χ1v) is 17.1. The van der Waals surface area contributed by atoms with Crippen LogP contribution in [0.1, 0.15) is 0 Å². The SMILES string of the molecule is c1ccc(-c2nc3nc(-c4ccc(-n5c6ccccc6c6cc7c8ccccc8n(-c8ccccc8)c7cc65)cc4)nn3c3ccccc23)cc1. The van der Waals surface area contributed by atoms with Gasteiger partial charge in [0.05, 0.1) is 33.3 Å². The predicted octanol–water partition coefficient (Wildman–Crippen LogP) is 10.8. The highest BCUT2D eigenvalue weighted by atomic mass is 15.3. The molecular formula is C45H28N6. The lowest BCUT2D eigenvalue weighted by molar-refractivity contribution is 0.988. The van der Waals surface area contributed by atoms with Gasteiger partial charge >= 0.3 is 0 Å². The molecule has 0 spiro atoms. The molecule has 4 aromatic heterocycles. The Balaban J connectivity index is 1.09. The lowest BCUT2D eigenvalue weighted by Gasteiger charge is -2.10. The molecular weight excluding hydrogens is 625 g/mol. The Labute approximate surface area is 292 Å². The first-order chi connectivity index (χ1) is 25.3. The molecule has 0 fully saturated rings. The molecule has 0 atom stereocenters. The second-order valence-corrected chi connectivity index (χ2v) is 13.0. The molecule has 4 heterocycles. The first-order valence-electron chi connectivity index (χ1n) is 17.1. The predicted molar refractivity (Wildman–Crippen MR) is 208 cm³/mol. The van der Waals surface area contributed by atoms with Gasteiger partial charge in [-0.2, -0.15) is 9.50 Å². The topological polar surface area (TPSA) is 52.9 Å². The largest absolute Gasteiger partial charge is 0.309 e. The fourth-order valence-corrected chi connectivity index (χ4v) is 7.82. The Hall–Kier alpha value is -7.05. The van der Waals surface area contributed by atoms with E-state index in [1.54, 1.807) is 0 Å². The van der Waals surface area contributed by atoms with Crippen LogP contribution in [0.3, 0.4) is 0 Å². The third-order valence-electron chi connectivity index (χ3n) is 10.1. The van der Waals surface area contributed by atoms with Gasteiger partial charge in [-0.1, -0.05) is 103 Å². The first kappa shape index (κ1) is 27.9. The van der Waals surface area contributed by atoms with Crippen LogP contribution in [-0.4, -0.2) is 28.7 Å². The number of hydrogen-bond acceptors (Lipinski definition) is 3. The zero-order valence-corrected chi connectivity index (χ0v) is 27.3. The van der Waals surface area contributed by atoms with Crippen molar-refractivity contribution in [3.63, 3.8) is 0 Å². The molecule has 0 saturated carbocycles. The number of rotatable bonds is 4. The summed E-state index contributed by atoms with van der Waals surface area (Å²) in [6, 6.07) is 59.8. The summed E-state index contributed by atoms with van der Waals surface area (Å²) in [7, 11) is 0. The van der Waals surface area contributed by atoms with Gasteiger partial charge in [-0.15, -0.1) is 5.10 Å². The summed E-state index contributed by atoms with van der Waals surface area (Å²) in [5.41, 5.74) is 10.8. The summed E-state index contributed by atoms with van der Waals surface area (Å²) < 4.78 is 6.61. The quantitative estimate of drug-likeness (QED) is 0.190. The third kappa shape index (κ3) is 4.14. The van der Waals surface area contributed by atoms with E-state index in [1.807, 2.05) is 34.8 Å². The lowest BCUT2D eigenvalue weighted by Crippen LogP contribution is -1.97. The van der Waals surface area contributed by atoms with E-state index in [0.717, 1.165) is 44.6 Å². The summed E-state index contributed by atoms with van der Waals surface area (Å²) >= 11 is 0. The van der Waals surface area contributed by atoms with Crippen molar-refractivity contribution in [1.29, 1.82) is 0 Å². The highest BCUT2D eigenvalue weighted by Gasteiger charge is 2.19. The second-order valence-electron chi connectivity index (χ2n) is 13.0. The van der Waals surface area contributed by atoms with Gasteiger partial charge in [0.25, 0.3) is 5.78 Å². The monoisotopic (exact) mass is 652 g/mol. The Bertz CT molecular complexity index is 3120. The molecule has 0 aliphatic carbocycles. The van der Waals surface area contributed by atoms with Gasteiger partial charge < -0.3 is 9.13 Å². The molecule has 7 aromatic carbocycles. The Morgan fingerprint density at radius 3 is 1.53 bits per heavy atom. The van der Waals surface area contributed by atoms with Crippen LogP contribution in [0.4, 0.5) is 0 Å². The maximum atomic E-state index is 5.00. The molecule has 0 aliphatic rings. The number of aromatic nitrogens is 6. The Morgan fingerprint density at radius 2 is 0.882 bits per heavy atom. The van der Waals surface area contributed by atoms with Crippen molar-refractivity contribution in [3.05, 3.63) is 170 Å². The molecule has 51 heavy (non-hydrogen) atoms. The average molecular weight is 653 g/mol. The van der Waals surface area contributed by atoms with E-state index >= 15 is 0 Å². The molecule has 0 aliphatic heterocycles. The minimum atomic E-state index is 0.576. The number of para-hydroxylation sites is 4. The molecule has 0 amide bonds. The van der Waals surface area contributed by atoms with Crippen LogP contribution in [0.2, 0.25) is 0 Å². The van der Waals surface area contributed by atoms with Crippen molar-refractivity contribution in [2.45, 2.75) is 0 Å². The molecule has 6 nitrogen and oxygen atoms in total. The Kier molecular flexibility index (Phi) is 5.86. The minimum Gasteiger partial charge on any atom is -0.309 e. The van der Waals surface area contributed by atoms with Crippen LogP contribution in [0, 0.1) is 0 Å². The summed E-state index contributed by atoms with van der Waals surface area (Å²) in [6.45, 7) is 0. The van der Waals surface area contributed by atoms with Gasteiger partial charge in [-0.3, -0.25) is 0 Å². The van der Waals surface area contributed by atoms with Gasteiger partial charge in [-0.25, -0.2) is 4.98 Å². The summed E-state index contributed by atoms with van der Waals surface area (Å²) in [5, 5.41) is 10.9. The number of fused-ring (bicyclic) bond motifs is 9. The van der Waals surface area contributed by atoms with E-state index in [9.17, 15) is 0 Å². The lowest BCUT2D eigenvalue weighted by atomic mass is 10.1. The van der Waals surface area contributed by atoms with Gasteiger partial charge in [-0.05, 0) is 66.7 Å². The summed E-state index contributed by atoms with van der Waals surface area (Å²) in [4.78, 5) is 9.94. The summed E-state index contributed by atoms with van der Waals surface area (Å²) in [6.07, 6.45) is 0. The van der Waals surface area contributed by atoms with Crippen LogP contribution in [-0.2, 0) is 0 Å². The van der Waals surface area contributed by atoms with Gasteiger partial charge in [0.15, 0.2) is 5.82 Å². The van der Waals surface area contributed by atoms with Gasteiger partial charge in [0.2, 0.25) is 0 Å². The molecule has 11 aromatic rings. The molecule has 0 unspecified atom stereocenters. The van der Waals surface area contributed by atoms with Crippen LogP contribution in [0.5, 0.6) is 0 Å². The summed E-state index contributed by atoms with van der Waals surface area (Å²) in [5.74, 6) is 1.22. The van der Waals surface area contributed by atoms with Crippen molar-refractivity contribution in [2.75, 3.05) is 0 Å². The van der Waals surface area contributed by atoms with Crippen molar-refractivity contribution < 1.29 is 0 Å². The molecule has 0 bridgehead atoms. The van der Waals surface area contributed by atoms with E-state index in [1.165, 1.54) is 38.1 Å². The smallest absolute Gasteiger partial charge is 0.253 e. The van der Waals surface area contributed by atoms with Crippen molar-refractivity contribution in [2.24, 2.45) is 0 Å². The maximum Gasteiger partial charge on any atom is 0.253 e. The van der Waals surface area contributed by atoms with Gasteiger partial charge in [0, 0.05) is 49.4 Å². The standard InChI is InChI=1S/C45H28N6/c1-3-13-29(14-4-1)43-35-19-9-12-22-40(35)51-45(46-43)47-44(48-51)30-23-25-32(26-24-30)50-39-21-11-8-18-34(39)37-27-36-33-17-7-10-20-38(33)49(41(36)28-42(37)50)31-15-5-2-6-16-31/h1-28H. The number of nitrogens with zero attached hydrogens (tertiary/aromatic N) is 6. The van der Waals surface area contributed by atoms with Crippen molar-refractivity contribution >= 4 is 60.3 Å². The van der Waals surface area contributed by atoms with Crippen LogP contribution in [0.15, 0.2) is 170 Å². The van der Waals surface area contributed by atoms with Crippen molar-refractivity contribution in [3.8, 4) is 34.0 Å². The van der Waals surface area contributed by atoms with Crippen LogP contribution in [0.25, 0.3) is 94.3 Å². The molecule has 11 rings (SSSR count). The molecule has 0 radical (unpaired) electrons. The average Bonchev–Trinajstić information content (AvgIpc) is 3.88. The second kappa shape index (κ2) is 10.7. The van der Waals surface area contributed by atoms with Crippen LogP contribution < -0.4 is 0 Å². The fourth-order valence-electron chi connectivity index (χ4n) is 7.82. The molecule has 6 heteroatoms. The van der Waals surface area contributed by atoms with E-state index in [2.05, 4.69) is 149 Å². The minimum absolute atomic E-state index is 0.576. The number of benzene rings is 7. The van der Waals surface area contributed by atoms with E-state index in [-0.39, 0.29) is 0 Å². The maximum absolute atomic E-state index is 5.00. The highest BCUT2D eigenvalue weighted by molar-refractivity contribution is 6.19. The zero-order valence-electron chi connectivity index (χ0n) is 27.3. The van der Waals surface area contributed by atoms with E-state index in [4.69, 9.17) is 15.1 Å². The molecule has 0 N–H and O–H groups in total. The Morgan fingerprint density at radius 1 is 0.353 bits per heavy atom. The zero-order chi connectivity index (χ0) is 33.5. The van der Waals surface area contributed by atoms with Gasteiger partial charge in [0.1, 0.15) is 0 Å². The molecule has 238 valence electrons. The van der Waals surface area contributed by atoms with Crippen molar-refractivity contribution in [1.82, 2.24) is 28.7 Å². The number of hydrogen-bond donors (Lipinski definition) is 0. The highest BCUT2D eigenvalue weighted by Crippen LogP contribution is 2.40. The normalized spacial score (nSPS) is 11.9. The van der Waals surface area contributed by atoms with E-state index in [0.29, 0.717) is 11.6 Å². The molecule has 0 saturated heterocycles. The van der Waals surface area contributed by atoms with Crippen LogP contribution >= 0.6 is 0 Å². The van der Waals surface area contributed by atoms with E-state index < -0.39 is 0 Å². The fraction of sp³-hybridized carbons (Fsp3) is 0.